The van der Waals surface area contributed by atoms with E-state index in [9.17, 15) is 9.18 Å². The largest absolute Gasteiger partial charge is 0.379 e. The van der Waals surface area contributed by atoms with Crippen LogP contribution in [0.4, 0.5) is 9.52 Å². The van der Waals surface area contributed by atoms with Crippen molar-refractivity contribution in [1.29, 1.82) is 0 Å². The number of hydrogen-bond donors (Lipinski definition) is 0. The Bertz CT molecular complexity index is 1060. The van der Waals surface area contributed by atoms with Crippen LogP contribution in [-0.2, 0) is 9.53 Å². The highest BCUT2D eigenvalue weighted by Gasteiger charge is 2.20. The third kappa shape index (κ3) is 7.13. The van der Waals surface area contributed by atoms with Crippen LogP contribution in [-0.4, -0.2) is 60.9 Å². The molecule has 1 aliphatic rings. The zero-order valence-corrected chi connectivity index (χ0v) is 20.7. The molecule has 176 valence electrons. The van der Waals surface area contributed by atoms with E-state index in [1.165, 1.54) is 23.5 Å². The second-order valence-corrected chi connectivity index (χ2v) is 10.5. The molecule has 1 amide bonds. The molecule has 0 spiro atoms. The summed E-state index contributed by atoms with van der Waals surface area (Å²) in [6.07, 6.45) is 2.08. The maximum atomic E-state index is 13.2. The Labute approximate surface area is 206 Å². The molecule has 3 aromatic rings. The van der Waals surface area contributed by atoms with E-state index in [4.69, 9.17) is 21.3 Å². The molecule has 2 heterocycles. The van der Waals surface area contributed by atoms with Crippen molar-refractivity contribution in [2.75, 3.05) is 50.0 Å². The first-order valence-electron chi connectivity index (χ1n) is 11.1. The minimum Gasteiger partial charge on any atom is -0.379 e. The Balaban J connectivity index is 1.36. The van der Waals surface area contributed by atoms with Gasteiger partial charge in [0.25, 0.3) is 0 Å². The van der Waals surface area contributed by atoms with Gasteiger partial charge in [-0.05, 0) is 61.1 Å². The summed E-state index contributed by atoms with van der Waals surface area (Å²) < 4.78 is 19.5. The fourth-order valence-electron chi connectivity index (χ4n) is 3.69. The zero-order valence-electron chi connectivity index (χ0n) is 18.3. The van der Waals surface area contributed by atoms with Crippen LogP contribution in [0.1, 0.15) is 19.3 Å². The number of rotatable bonds is 10. The third-order valence-corrected chi connectivity index (χ3v) is 7.82. The topological polar surface area (TPSA) is 45.7 Å². The van der Waals surface area contributed by atoms with Crippen molar-refractivity contribution in [3.63, 3.8) is 0 Å². The maximum absolute atomic E-state index is 13.2. The summed E-state index contributed by atoms with van der Waals surface area (Å²) in [4.78, 5) is 23.1. The van der Waals surface area contributed by atoms with Crippen LogP contribution in [0.5, 0.6) is 0 Å². The van der Waals surface area contributed by atoms with E-state index < -0.39 is 0 Å². The average Bonchev–Trinajstić information content (AvgIpc) is 3.24. The highest BCUT2D eigenvalue weighted by molar-refractivity contribution is 7.99. The molecule has 5 nitrogen and oxygen atoms in total. The van der Waals surface area contributed by atoms with Crippen molar-refractivity contribution in [1.82, 2.24) is 9.88 Å². The van der Waals surface area contributed by atoms with E-state index in [0.29, 0.717) is 18.0 Å². The Morgan fingerprint density at radius 3 is 2.76 bits per heavy atom. The molecule has 9 heteroatoms. The van der Waals surface area contributed by atoms with E-state index in [1.807, 2.05) is 23.1 Å². The molecule has 0 saturated carbocycles. The number of nitrogens with zero attached hydrogens (tertiary/aromatic N) is 3. The van der Waals surface area contributed by atoms with Crippen molar-refractivity contribution >= 4 is 56.0 Å². The van der Waals surface area contributed by atoms with Gasteiger partial charge in [0, 0.05) is 42.5 Å². The lowest BCUT2D eigenvalue weighted by molar-refractivity contribution is -0.118. The van der Waals surface area contributed by atoms with Gasteiger partial charge in [0.05, 0.1) is 23.4 Å². The number of carbonyl (C=O) groups is 1. The predicted molar refractivity (Wildman–Crippen MR) is 135 cm³/mol. The summed E-state index contributed by atoms with van der Waals surface area (Å²) in [5.41, 5.74) is 0.859. The van der Waals surface area contributed by atoms with Gasteiger partial charge in [0.15, 0.2) is 5.13 Å². The number of amides is 1. The molecule has 0 N–H and O–H groups in total. The smallest absolute Gasteiger partial charge is 0.228 e. The summed E-state index contributed by atoms with van der Waals surface area (Å²) in [5, 5.41) is 1.39. The highest BCUT2D eigenvalue weighted by atomic mass is 35.5. The Kier molecular flexibility index (Phi) is 8.97. The highest BCUT2D eigenvalue weighted by Crippen LogP contribution is 2.31. The predicted octanol–water partition coefficient (Wildman–Crippen LogP) is 5.72. The van der Waals surface area contributed by atoms with Gasteiger partial charge in [-0.15, -0.1) is 11.8 Å². The Morgan fingerprint density at radius 1 is 1.18 bits per heavy atom. The lowest BCUT2D eigenvalue weighted by Crippen LogP contribution is -2.39. The molecular formula is C24H27ClFN3O2S2. The van der Waals surface area contributed by atoms with Crippen LogP contribution in [0.2, 0.25) is 5.02 Å². The number of anilines is 1. The van der Waals surface area contributed by atoms with E-state index >= 15 is 0 Å². The summed E-state index contributed by atoms with van der Waals surface area (Å²) in [5.74, 6) is 0.648. The number of aromatic nitrogens is 1. The average molecular weight is 508 g/mol. The van der Waals surface area contributed by atoms with E-state index in [0.717, 1.165) is 71.7 Å². The molecule has 0 atom stereocenters. The number of thiazole rings is 1. The normalized spacial score (nSPS) is 14.6. The van der Waals surface area contributed by atoms with Crippen LogP contribution in [0.25, 0.3) is 10.2 Å². The van der Waals surface area contributed by atoms with Crippen LogP contribution in [0, 0.1) is 5.82 Å². The number of fused-ring (bicyclic) bond motifs is 1. The summed E-state index contributed by atoms with van der Waals surface area (Å²) >= 11 is 9.29. The molecule has 1 fully saturated rings. The Morgan fingerprint density at radius 2 is 1.97 bits per heavy atom. The first-order valence-corrected chi connectivity index (χ1v) is 13.3. The summed E-state index contributed by atoms with van der Waals surface area (Å²) in [6, 6.07) is 12.1. The van der Waals surface area contributed by atoms with Gasteiger partial charge >= 0.3 is 0 Å². The van der Waals surface area contributed by atoms with Gasteiger partial charge in [-0.2, -0.15) is 0 Å². The second kappa shape index (κ2) is 12.1. The van der Waals surface area contributed by atoms with Crippen molar-refractivity contribution in [2.24, 2.45) is 0 Å². The molecule has 0 bridgehead atoms. The summed E-state index contributed by atoms with van der Waals surface area (Å²) in [7, 11) is 0. The van der Waals surface area contributed by atoms with Crippen molar-refractivity contribution in [3.05, 3.63) is 53.3 Å². The minimum atomic E-state index is -0.237. The van der Waals surface area contributed by atoms with Crippen LogP contribution >= 0.6 is 34.7 Å². The van der Waals surface area contributed by atoms with Gasteiger partial charge in [-0.3, -0.25) is 14.6 Å². The molecule has 33 heavy (non-hydrogen) atoms. The van der Waals surface area contributed by atoms with Crippen molar-refractivity contribution in [3.8, 4) is 0 Å². The van der Waals surface area contributed by atoms with Crippen molar-refractivity contribution < 1.29 is 13.9 Å². The van der Waals surface area contributed by atoms with E-state index in [2.05, 4.69) is 4.90 Å². The maximum Gasteiger partial charge on any atom is 0.228 e. The molecular weight excluding hydrogens is 481 g/mol. The van der Waals surface area contributed by atoms with Crippen LogP contribution < -0.4 is 4.90 Å². The quantitative estimate of drug-likeness (QED) is 0.259. The molecule has 2 aromatic carbocycles. The van der Waals surface area contributed by atoms with Gasteiger partial charge in [-0.25, -0.2) is 9.37 Å². The molecule has 0 radical (unpaired) electrons. The first kappa shape index (κ1) is 24.4. The molecule has 1 aliphatic heterocycles. The number of ether oxygens (including phenoxy) is 1. The van der Waals surface area contributed by atoms with Crippen LogP contribution in [0.15, 0.2) is 47.4 Å². The standard InChI is InChI=1S/C24H27ClFN3O2S2/c25-18-4-9-21-22(17-18)33-24(27-21)29(11-2-10-28-12-14-31-15-13-28)23(30)3-1-16-32-20-7-5-19(26)6-8-20/h4-9,17H,1-3,10-16H2. The first-order chi connectivity index (χ1) is 16.1. The SMILES string of the molecule is O=C(CCCSc1ccc(F)cc1)N(CCCN1CCOCC1)c1nc2ccc(Cl)cc2s1. The number of morpholine rings is 1. The fourth-order valence-corrected chi connectivity index (χ4v) is 5.82. The van der Waals surface area contributed by atoms with Gasteiger partial charge in [0.2, 0.25) is 5.91 Å². The number of benzene rings is 2. The number of thioether (sulfide) groups is 1. The number of carbonyl (C=O) groups excluding carboxylic acids is 1. The monoisotopic (exact) mass is 507 g/mol. The zero-order chi connectivity index (χ0) is 23.0. The second-order valence-electron chi connectivity index (χ2n) is 7.87. The van der Waals surface area contributed by atoms with E-state index in [-0.39, 0.29) is 11.7 Å². The van der Waals surface area contributed by atoms with Crippen LogP contribution in [0.3, 0.4) is 0 Å². The molecule has 1 aromatic heterocycles. The minimum absolute atomic E-state index is 0.0850. The number of halogens is 2. The lowest BCUT2D eigenvalue weighted by Gasteiger charge is -2.27. The number of hydrogen-bond acceptors (Lipinski definition) is 6. The van der Waals surface area contributed by atoms with Gasteiger partial charge < -0.3 is 4.74 Å². The fraction of sp³-hybridized carbons (Fsp3) is 0.417. The molecule has 4 rings (SSSR count). The molecule has 0 aliphatic carbocycles. The Hall–Kier alpha value is -1.71. The third-order valence-electron chi connectivity index (χ3n) is 5.45. The van der Waals surface area contributed by atoms with E-state index in [1.54, 1.807) is 23.9 Å². The molecule has 1 saturated heterocycles. The van der Waals surface area contributed by atoms with Crippen molar-refractivity contribution in [2.45, 2.75) is 24.2 Å². The molecule has 0 unspecified atom stereocenters. The summed E-state index contributed by atoms with van der Waals surface area (Å²) in [6.45, 7) is 4.99. The van der Waals surface area contributed by atoms with Gasteiger partial charge in [-0.1, -0.05) is 22.9 Å². The van der Waals surface area contributed by atoms with Gasteiger partial charge in [0.1, 0.15) is 5.82 Å². The lowest BCUT2D eigenvalue weighted by atomic mass is 10.2.